The standard InChI is InChI=1S/C8H11ClN4/c1-6-4-7(5-10-8(6)9)11-12-13(2)3/h4-5H,1-3H3. The van der Waals surface area contributed by atoms with Crippen LogP contribution in [0.15, 0.2) is 22.6 Å². The number of hydrogen-bond acceptors (Lipinski definition) is 3. The molecule has 0 bridgehead atoms. The van der Waals surface area contributed by atoms with Crippen LogP contribution in [0.3, 0.4) is 0 Å². The highest BCUT2D eigenvalue weighted by Crippen LogP contribution is 2.18. The number of aromatic nitrogens is 1. The SMILES string of the molecule is Cc1cc(N=NN(C)C)cnc1Cl. The van der Waals surface area contributed by atoms with Gasteiger partial charge in [-0.15, -0.1) is 5.11 Å². The van der Waals surface area contributed by atoms with E-state index in [4.69, 9.17) is 11.6 Å². The Morgan fingerprint density at radius 3 is 2.69 bits per heavy atom. The summed E-state index contributed by atoms with van der Waals surface area (Å²) < 4.78 is 0. The lowest BCUT2D eigenvalue weighted by Gasteiger charge is -2.01. The summed E-state index contributed by atoms with van der Waals surface area (Å²) in [6, 6.07) is 1.84. The molecule has 1 aromatic rings. The van der Waals surface area contributed by atoms with Crippen LogP contribution >= 0.6 is 11.6 Å². The van der Waals surface area contributed by atoms with Crippen molar-refractivity contribution in [2.24, 2.45) is 10.3 Å². The van der Waals surface area contributed by atoms with E-state index in [1.807, 2.05) is 13.0 Å². The first-order chi connectivity index (χ1) is 6.09. The summed E-state index contributed by atoms with van der Waals surface area (Å²) in [7, 11) is 3.61. The lowest BCUT2D eigenvalue weighted by atomic mass is 10.3. The maximum absolute atomic E-state index is 5.75. The average Bonchev–Trinajstić information content (AvgIpc) is 2.07. The highest BCUT2D eigenvalue weighted by molar-refractivity contribution is 6.30. The summed E-state index contributed by atoms with van der Waals surface area (Å²) in [4.78, 5) is 3.95. The molecule has 0 aliphatic carbocycles. The van der Waals surface area contributed by atoms with Crippen molar-refractivity contribution in [1.29, 1.82) is 0 Å². The lowest BCUT2D eigenvalue weighted by Crippen LogP contribution is -1.98. The Morgan fingerprint density at radius 2 is 2.15 bits per heavy atom. The molecule has 0 saturated carbocycles. The van der Waals surface area contributed by atoms with Crippen molar-refractivity contribution in [3.05, 3.63) is 23.0 Å². The monoisotopic (exact) mass is 198 g/mol. The zero-order valence-electron chi connectivity index (χ0n) is 7.82. The highest BCUT2D eigenvalue weighted by Gasteiger charge is 1.97. The van der Waals surface area contributed by atoms with Crippen LogP contribution < -0.4 is 0 Å². The Balaban J connectivity index is 2.85. The van der Waals surface area contributed by atoms with Gasteiger partial charge in [-0.25, -0.2) is 4.98 Å². The molecule has 0 atom stereocenters. The Labute approximate surface area is 82.2 Å². The van der Waals surface area contributed by atoms with E-state index in [9.17, 15) is 0 Å². The van der Waals surface area contributed by atoms with Gasteiger partial charge in [0.25, 0.3) is 0 Å². The second-order valence-corrected chi connectivity index (χ2v) is 3.20. The molecule has 0 radical (unpaired) electrons. The van der Waals surface area contributed by atoms with Gasteiger partial charge in [-0.1, -0.05) is 16.8 Å². The number of hydrogen-bond donors (Lipinski definition) is 0. The fourth-order valence-electron chi connectivity index (χ4n) is 0.739. The van der Waals surface area contributed by atoms with Crippen LogP contribution in [-0.4, -0.2) is 24.1 Å². The van der Waals surface area contributed by atoms with E-state index < -0.39 is 0 Å². The lowest BCUT2D eigenvalue weighted by molar-refractivity contribution is 0.408. The first-order valence-electron chi connectivity index (χ1n) is 3.80. The molecular weight excluding hydrogens is 188 g/mol. The molecule has 0 aliphatic rings. The molecule has 13 heavy (non-hydrogen) atoms. The zero-order chi connectivity index (χ0) is 9.84. The molecule has 70 valence electrons. The first kappa shape index (κ1) is 9.92. The minimum Gasteiger partial charge on any atom is -0.285 e. The minimum atomic E-state index is 0.504. The van der Waals surface area contributed by atoms with Crippen LogP contribution in [0.1, 0.15) is 5.56 Å². The maximum Gasteiger partial charge on any atom is 0.132 e. The molecule has 0 amide bonds. The van der Waals surface area contributed by atoms with Gasteiger partial charge in [-0.2, -0.15) is 0 Å². The normalized spacial score (nSPS) is 10.8. The molecule has 0 N–H and O–H groups in total. The molecule has 0 spiro atoms. The van der Waals surface area contributed by atoms with E-state index in [-0.39, 0.29) is 0 Å². The van der Waals surface area contributed by atoms with Crippen LogP contribution in [0.4, 0.5) is 5.69 Å². The molecule has 0 unspecified atom stereocenters. The van der Waals surface area contributed by atoms with Gasteiger partial charge in [0.05, 0.1) is 6.20 Å². The number of aryl methyl sites for hydroxylation is 1. The molecule has 1 heterocycles. The van der Waals surface area contributed by atoms with Crippen LogP contribution in [0.25, 0.3) is 0 Å². The molecule has 0 fully saturated rings. The summed E-state index contributed by atoms with van der Waals surface area (Å²) in [6.45, 7) is 1.88. The summed E-state index contributed by atoms with van der Waals surface area (Å²) >= 11 is 5.75. The Hall–Kier alpha value is -1.16. The van der Waals surface area contributed by atoms with E-state index in [0.29, 0.717) is 10.8 Å². The zero-order valence-corrected chi connectivity index (χ0v) is 8.58. The van der Waals surface area contributed by atoms with E-state index in [1.165, 1.54) is 0 Å². The van der Waals surface area contributed by atoms with Gasteiger partial charge in [0.2, 0.25) is 0 Å². The summed E-state index contributed by atoms with van der Waals surface area (Å²) in [6.07, 6.45) is 1.59. The van der Waals surface area contributed by atoms with Crippen molar-refractivity contribution in [3.8, 4) is 0 Å². The van der Waals surface area contributed by atoms with E-state index in [2.05, 4.69) is 15.3 Å². The molecule has 1 aromatic heterocycles. The van der Waals surface area contributed by atoms with Crippen molar-refractivity contribution in [2.75, 3.05) is 14.1 Å². The third kappa shape index (κ3) is 2.99. The highest BCUT2D eigenvalue weighted by atomic mass is 35.5. The van der Waals surface area contributed by atoms with Gasteiger partial charge < -0.3 is 0 Å². The number of rotatable bonds is 2. The van der Waals surface area contributed by atoms with Gasteiger partial charge in [-0.05, 0) is 18.6 Å². The summed E-state index contributed by atoms with van der Waals surface area (Å²) in [5.74, 6) is 0. The van der Waals surface area contributed by atoms with Crippen molar-refractivity contribution < 1.29 is 0 Å². The Kier molecular flexibility index (Phi) is 3.19. The second-order valence-electron chi connectivity index (χ2n) is 2.84. The summed E-state index contributed by atoms with van der Waals surface area (Å²) in [5, 5.41) is 9.90. The predicted molar refractivity (Wildman–Crippen MR) is 52.2 cm³/mol. The number of pyridine rings is 1. The fourth-order valence-corrected chi connectivity index (χ4v) is 0.842. The third-order valence-corrected chi connectivity index (χ3v) is 1.73. The third-order valence-electron chi connectivity index (χ3n) is 1.34. The van der Waals surface area contributed by atoms with Crippen molar-refractivity contribution >= 4 is 17.3 Å². The Morgan fingerprint density at radius 1 is 1.46 bits per heavy atom. The maximum atomic E-state index is 5.75. The van der Waals surface area contributed by atoms with Crippen LogP contribution in [0.5, 0.6) is 0 Å². The van der Waals surface area contributed by atoms with Crippen LogP contribution in [0.2, 0.25) is 5.15 Å². The van der Waals surface area contributed by atoms with Gasteiger partial charge in [-0.3, -0.25) is 5.01 Å². The van der Waals surface area contributed by atoms with Gasteiger partial charge in [0.1, 0.15) is 10.8 Å². The second kappa shape index (κ2) is 4.18. The van der Waals surface area contributed by atoms with Gasteiger partial charge >= 0.3 is 0 Å². The van der Waals surface area contributed by atoms with Crippen molar-refractivity contribution in [3.63, 3.8) is 0 Å². The van der Waals surface area contributed by atoms with Crippen LogP contribution in [0, 0.1) is 6.92 Å². The van der Waals surface area contributed by atoms with E-state index in [1.54, 1.807) is 25.3 Å². The van der Waals surface area contributed by atoms with E-state index >= 15 is 0 Å². The molecule has 5 heteroatoms. The smallest absolute Gasteiger partial charge is 0.132 e. The Bertz CT molecular complexity index is 322. The van der Waals surface area contributed by atoms with Crippen molar-refractivity contribution in [1.82, 2.24) is 9.99 Å². The largest absolute Gasteiger partial charge is 0.285 e. The minimum absolute atomic E-state index is 0.504. The quantitative estimate of drug-likeness (QED) is 0.416. The molecule has 0 aromatic carbocycles. The molecule has 0 saturated heterocycles. The summed E-state index contributed by atoms with van der Waals surface area (Å²) in [5.41, 5.74) is 1.60. The van der Waals surface area contributed by atoms with Gasteiger partial charge in [0.15, 0.2) is 0 Å². The molecule has 4 nitrogen and oxygen atoms in total. The van der Waals surface area contributed by atoms with E-state index in [0.717, 1.165) is 5.56 Å². The van der Waals surface area contributed by atoms with Gasteiger partial charge in [0, 0.05) is 14.1 Å². The topological polar surface area (TPSA) is 40.9 Å². The van der Waals surface area contributed by atoms with Crippen LogP contribution in [-0.2, 0) is 0 Å². The first-order valence-corrected chi connectivity index (χ1v) is 4.18. The van der Waals surface area contributed by atoms with Crippen molar-refractivity contribution in [2.45, 2.75) is 6.92 Å². The number of halogens is 1. The fraction of sp³-hybridized carbons (Fsp3) is 0.375. The number of nitrogens with zero attached hydrogens (tertiary/aromatic N) is 4. The predicted octanol–water partition coefficient (Wildman–Crippen LogP) is 2.60. The molecule has 0 aliphatic heterocycles. The molecule has 1 rings (SSSR count). The molecular formula is C8H11ClN4. The average molecular weight is 199 g/mol.